The van der Waals surface area contributed by atoms with E-state index >= 15 is 0 Å². The zero-order valence-corrected chi connectivity index (χ0v) is 12.6. The van der Waals surface area contributed by atoms with Crippen molar-refractivity contribution < 1.29 is 9.18 Å². The van der Waals surface area contributed by atoms with E-state index in [4.69, 9.17) is 0 Å². The number of nitrogens with zero attached hydrogens (tertiary/aromatic N) is 4. The molecule has 1 aromatic carbocycles. The number of amides is 1. The number of likely N-dealkylation sites (N-methyl/N-ethyl adjacent to an activating group) is 1. The van der Waals surface area contributed by atoms with Gasteiger partial charge in [-0.15, -0.1) is 0 Å². The van der Waals surface area contributed by atoms with E-state index in [0.29, 0.717) is 18.8 Å². The Hall–Kier alpha value is -2.89. The second-order valence-electron chi connectivity index (χ2n) is 5.58. The highest BCUT2D eigenvalue weighted by atomic mass is 19.1. The van der Waals surface area contributed by atoms with E-state index in [1.165, 1.54) is 12.1 Å². The number of imidazole rings is 1. The molecule has 1 aliphatic heterocycles. The lowest BCUT2D eigenvalue weighted by atomic mass is 10.1. The predicted molar refractivity (Wildman–Crippen MR) is 86.5 cm³/mol. The fourth-order valence-electron chi connectivity index (χ4n) is 2.96. The first-order chi connectivity index (χ1) is 11.1. The summed E-state index contributed by atoms with van der Waals surface area (Å²) in [6, 6.07) is 10.1. The smallest absolute Gasteiger partial charge is 0.277 e. The van der Waals surface area contributed by atoms with Crippen LogP contribution in [-0.2, 0) is 0 Å². The van der Waals surface area contributed by atoms with Crippen LogP contribution in [0.1, 0.15) is 10.5 Å². The van der Waals surface area contributed by atoms with E-state index in [-0.39, 0.29) is 11.7 Å². The molecule has 1 aliphatic rings. The van der Waals surface area contributed by atoms with Crippen LogP contribution in [0.15, 0.2) is 48.8 Å². The van der Waals surface area contributed by atoms with Gasteiger partial charge in [-0.3, -0.25) is 9.20 Å². The fourth-order valence-corrected chi connectivity index (χ4v) is 2.96. The number of carbonyl (C=O) groups is 1. The van der Waals surface area contributed by atoms with Gasteiger partial charge in [-0.1, -0.05) is 6.07 Å². The van der Waals surface area contributed by atoms with Crippen LogP contribution in [0.2, 0.25) is 0 Å². The third-order valence-electron chi connectivity index (χ3n) is 4.18. The highest BCUT2D eigenvalue weighted by Crippen LogP contribution is 2.33. The Labute approximate surface area is 132 Å². The van der Waals surface area contributed by atoms with E-state index in [0.717, 1.165) is 17.0 Å². The van der Waals surface area contributed by atoms with Crippen LogP contribution in [0.3, 0.4) is 0 Å². The number of halogens is 1. The molecule has 6 heteroatoms. The van der Waals surface area contributed by atoms with E-state index < -0.39 is 0 Å². The van der Waals surface area contributed by atoms with Crippen LogP contribution in [0.4, 0.5) is 15.8 Å². The van der Waals surface area contributed by atoms with Crippen molar-refractivity contribution in [3.05, 3.63) is 60.3 Å². The first kappa shape index (κ1) is 13.8. The summed E-state index contributed by atoms with van der Waals surface area (Å²) in [4.78, 5) is 20.9. The molecule has 0 fully saturated rings. The second-order valence-corrected chi connectivity index (χ2v) is 5.58. The van der Waals surface area contributed by atoms with Crippen molar-refractivity contribution in [3.8, 4) is 0 Å². The van der Waals surface area contributed by atoms with Crippen molar-refractivity contribution >= 4 is 22.9 Å². The molecule has 23 heavy (non-hydrogen) atoms. The van der Waals surface area contributed by atoms with Crippen LogP contribution in [0.25, 0.3) is 5.65 Å². The van der Waals surface area contributed by atoms with Crippen molar-refractivity contribution in [2.45, 2.75) is 0 Å². The summed E-state index contributed by atoms with van der Waals surface area (Å²) < 4.78 is 15.3. The normalized spacial score (nSPS) is 14.2. The zero-order chi connectivity index (χ0) is 16.0. The summed E-state index contributed by atoms with van der Waals surface area (Å²) in [5, 5.41) is 0. The number of hydrogen-bond acceptors (Lipinski definition) is 3. The summed E-state index contributed by atoms with van der Waals surface area (Å²) in [5.41, 5.74) is 2.67. The van der Waals surface area contributed by atoms with Gasteiger partial charge in [0.15, 0.2) is 0 Å². The van der Waals surface area contributed by atoms with Gasteiger partial charge in [0.25, 0.3) is 5.91 Å². The van der Waals surface area contributed by atoms with Gasteiger partial charge in [-0.05, 0) is 30.3 Å². The molecule has 3 aromatic rings. The van der Waals surface area contributed by atoms with Gasteiger partial charge in [-0.25, -0.2) is 9.37 Å². The number of aromatic nitrogens is 2. The van der Waals surface area contributed by atoms with Gasteiger partial charge >= 0.3 is 0 Å². The minimum absolute atomic E-state index is 0.135. The lowest BCUT2D eigenvalue weighted by Gasteiger charge is -2.35. The van der Waals surface area contributed by atoms with Crippen molar-refractivity contribution in [3.63, 3.8) is 0 Å². The van der Waals surface area contributed by atoms with Gasteiger partial charge in [0.1, 0.15) is 17.2 Å². The number of pyridine rings is 1. The van der Waals surface area contributed by atoms with Crippen LogP contribution in [-0.4, -0.2) is 35.4 Å². The average molecular weight is 310 g/mol. The molecule has 0 saturated carbocycles. The van der Waals surface area contributed by atoms with Crippen molar-refractivity contribution in [2.75, 3.05) is 29.9 Å². The minimum Gasteiger partial charge on any atom is -0.371 e. The SMILES string of the molecule is CN1CCN(C(=O)c2cnc3ccccn23)c2ccc(F)cc21. The Morgan fingerprint density at radius 3 is 2.91 bits per heavy atom. The summed E-state index contributed by atoms with van der Waals surface area (Å²) >= 11 is 0. The number of hydrogen-bond donors (Lipinski definition) is 0. The highest BCUT2D eigenvalue weighted by molar-refractivity contribution is 6.07. The topological polar surface area (TPSA) is 40.8 Å². The molecule has 5 nitrogen and oxygen atoms in total. The molecule has 1 amide bonds. The molecule has 0 atom stereocenters. The van der Waals surface area contributed by atoms with E-state index in [2.05, 4.69) is 4.98 Å². The number of fused-ring (bicyclic) bond motifs is 2. The molecule has 0 bridgehead atoms. The lowest BCUT2D eigenvalue weighted by molar-refractivity contribution is 0.0981. The number of anilines is 2. The Bertz CT molecular complexity index is 904. The quantitative estimate of drug-likeness (QED) is 0.693. The molecular weight excluding hydrogens is 295 g/mol. The number of benzene rings is 1. The summed E-state index contributed by atoms with van der Waals surface area (Å²) in [6.07, 6.45) is 3.40. The van der Waals surface area contributed by atoms with E-state index in [9.17, 15) is 9.18 Å². The predicted octanol–water partition coefficient (Wildman–Crippen LogP) is 2.57. The van der Waals surface area contributed by atoms with Gasteiger partial charge < -0.3 is 9.80 Å². The van der Waals surface area contributed by atoms with Crippen molar-refractivity contribution in [1.29, 1.82) is 0 Å². The van der Waals surface area contributed by atoms with E-state index in [1.54, 1.807) is 21.6 Å². The molecule has 0 unspecified atom stereocenters. The Balaban J connectivity index is 1.79. The Morgan fingerprint density at radius 1 is 1.17 bits per heavy atom. The fraction of sp³-hybridized carbons (Fsp3) is 0.176. The molecule has 4 rings (SSSR count). The maximum atomic E-state index is 13.5. The second kappa shape index (κ2) is 5.08. The Morgan fingerprint density at radius 2 is 2.04 bits per heavy atom. The third kappa shape index (κ3) is 2.14. The Kier molecular flexibility index (Phi) is 3.04. The molecule has 0 N–H and O–H groups in total. The zero-order valence-electron chi connectivity index (χ0n) is 12.6. The summed E-state index contributed by atoms with van der Waals surface area (Å²) in [6.45, 7) is 1.20. The van der Waals surface area contributed by atoms with Gasteiger partial charge in [-0.2, -0.15) is 0 Å². The van der Waals surface area contributed by atoms with Gasteiger partial charge in [0, 0.05) is 26.3 Å². The molecule has 0 radical (unpaired) electrons. The molecule has 0 spiro atoms. The molecule has 116 valence electrons. The highest BCUT2D eigenvalue weighted by Gasteiger charge is 2.28. The van der Waals surface area contributed by atoms with Crippen molar-refractivity contribution in [2.24, 2.45) is 0 Å². The molecule has 0 aliphatic carbocycles. The summed E-state index contributed by atoms with van der Waals surface area (Å²) in [5.74, 6) is -0.440. The average Bonchev–Trinajstić information content (AvgIpc) is 2.99. The standard InChI is InChI=1S/C17H15FN4O/c1-20-8-9-22(13-6-5-12(18)10-14(13)20)17(23)15-11-19-16-4-2-3-7-21(15)16/h2-7,10-11H,8-9H2,1H3. The first-order valence-corrected chi connectivity index (χ1v) is 7.40. The third-order valence-corrected chi connectivity index (χ3v) is 4.18. The van der Waals surface area contributed by atoms with E-state index in [1.807, 2.05) is 36.3 Å². The number of rotatable bonds is 1. The lowest BCUT2D eigenvalue weighted by Crippen LogP contribution is -2.43. The van der Waals surface area contributed by atoms with Crippen LogP contribution < -0.4 is 9.80 Å². The largest absolute Gasteiger partial charge is 0.371 e. The molecular formula is C17H15FN4O. The minimum atomic E-state index is -0.306. The van der Waals surface area contributed by atoms with Crippen molar-refractivity contribution in [1.82, 2.24) is 9.38 Å². The monoisotopic (exact) mass is 310 g/mol. The first-order valence-electron chi connectivity index (χ1n) is 7.40. The van der Waals surface area contributed by atoms with Gasteiger partial charge in [0.2, 0.25) is 0 Å². The van der Waals surface area contributed by atoms with Crippen LogP contribution >= 0.6 is 0 Å². The molecule has 2 aromatic heterocycles. The van der Waals surface area contributed by atoms with Gasteiger partial charge in [0.05, 0.1) is 17.6 Å². The van der Waals surface area contributed by atoms with Crippen LogP contribution in [0.5, 0.6) is 0 Å². The molecule has 3 heterocycles. The maximum Gasteiger partial charge on any atom is 0.277 e. The maximum absolute atomic E-state index is 13.5. The number of carbonyl (C=O) groups excluding carboxylic acids is 1. The van der Waals surface area contributed by atoms with Crippen LogP contribution in [0, 0.1) is 5.82 Å². The molecule has 0 saturated heterocycles. The summed E-state index contributed by atoms with van der Waals surface area (Å²) in [7, 11) is 1.90.